The number of carbonyl (C=O) groups is 2. The smallest absolute Gasteiger partial charge is 0.411 e. The quantitative estimate of drug-likeness (QED) is 0.720. The Morgan fingerprint density at radius 3 is 2.38 bits per heavy atom. The van der Waals surface area contributed by atoms with Gasteiger partial charge in [0.25, 0.3) is 0 Å². The molecule has 3 heterocycles. The molecule has 6 nitrogen and oxygen atoms in total. The summed E-state index contributed by atoms with van der Waals surface area (Å²) in [5.74, 6) is 0. The van der Waals surface area contributed by atoms with Crippen molar-refractivity contribution in [3.8, 4) is 0 Å². The van der Waals surface area contributed by atoms with Gasteiger partial charge >= 0.3 is 6.09 Å². The van der Waals surface area contributed by atoms with Gasteiger partial charge in [0.15, 0.2) is 0 Å². The van der Waals surface area contributed by atoms with Crippen LogP contribution in [0, 0.1) is 0 Å². The van der Waals surface area contributed by atoms with Crippen molar-refractivity contribution in [2.75, 3.05) is 26.2 Å². The highest BCUT2D eigenvalue weighted by molar-refractivity contribution is 5.69. The number of rotatable bonds is 3. The molecule has 26 heavy (non-hydrogen) atoms. The lowest BCUT2D eigenvalue weighted by Gasteiger charge is -2.46. The second-order valence-electron chi connectivity index (χ2n) is 9.01. The van der Waals surface area contributed by atoms with Gasteiger partial charge in [-0.3, -0.25) is 9.80 Å². The second kappa shape index (κ2) is 8.26. The summed E-state index contributed by atoms with van der Waals surface area (Å²) in [6.45, 7) is 9.64. The minimum absolute atomic E-state index is 0.00218. The fraction of sp³-hybridized carbons (Fsp3) is 0.900. The van der Waals surface area contributed by atoms with Crippen LogP contribution in [0.25, 0.3) is 0 Å². The first-order chi connectivity index (χ1) is 12.4. The first kappa shape index (κ1) is 19.6. The van der Waals surface area contributed by atoms with Crippen molar-refractivity contribution in [3.63, 3.8) is 0 Å². The maximum atomic E-state index is 12.6. The molecule has 0 aromatic rings. The van der Waals surface area contributed by atoms with Gasteiger partial charge in [-0.25, -0.2) is 4.79 Å². The maximum Gasteiger partial charge on any atom is 0.411 e. The standard InChI is InChI=1S/C20H35N3O3/c1-20(2,3)26-19(25)23-12-7-8-18(23)22-13-9-16(14-17(22)15-24)21-10-5-4-6-11-21/h15-18H,4-14H2,1-3H3/t16-,17-,18-/m0/s1. The van der Waals surface area contributed by atoms with Gasteiger partial charge in [-0.2, -0.15) is 0 Å². The number of carbonyl (C=O) groups excluding carboxylic acids is 2. The van der Waals surface area contributed by atoms with E-state index < -0.39 is 5.60 Å². The molecule has 3 aliphatic rings. The van der Waals surface area contributed by atoms with Gasteiger partial charge in [-0.05, 0) is 72.4 Å². The number of likely N-dealkylation sites (tertiary alicyclic amines) is 3. The Bertz CT molecular complexity index is 499. The third-order valence-corrected chi connectivity index (χ3v) is 5.96. The van der Waals surface area contributed by atoms with Crippen molar-refractivity contribution in [2.24, 2.45) is 0 Å². The van der Waals surface area contributed by atoms with Crippen LogP contribution >= 0.6 is 0 Å². The lowest BCUT2D eigenvalue weighted by Crippen LogP contribution is -2.58. The predicted molar refractivity (Wildman–Crippen MR) is 101 cm³/mol. The van der Waals surface area contributed by atoms with Crippen molar-refractivity contribution in [1.29, 1.82) is 0 Å². The molecule has 3 aliphatic heterocycles. The molecule has 0 saturated carbocycles. The third-order valence-electron chi connectivity index (χ3n) is 5.96. The van der Waals surface area contributed by atoms with E-state index in [1.54, 1.807) is 0 Å². The molecule has 3 rings (SSSR count). The van der Waals surface area contributed by atoms with Crippen LogP contribution in [0.1, 0.15) is 65.7 Å². The third kappa shape index (κ3) is 4.58. The molecule has 0 aromatic carbocycles. The normalized spacial score (nSPS) is 31.8. The Morgan fingerprint density at radius 1 is 1.00 bits per heavy atom. The molecule has 148 valence electrons. The molecule has 0 N–H and O–H groups in total. The molecule has 0 radical (unpaired) electrons. The van der Waals surface area contributed by atoms with Crippen LogP contribution < -0.4 is 0 Å². The number of nitrogens with zero attached hydrogens (tertiary/aromatic N) is 3. The van der Waals surface area contributed by atoms with E-state index in [0.29, 0.717) is 6.04 Å². The first-order valence-corrected chi connectivity index (χ1v) is 10.3. The number of ether oxygens (including phenoxy) is 1. The average Bonchev–Trinajstić information content (AvgIpc) is 3.10. The summed E-state index contributed by atoms with van der Waals surface area (Å²) < 4.78 is 5.59. The van der Waals surface area contributed by atoms with Crippen LogP contribution in [-0.2, 0) is 9.53 Å². The Morgan fingerprint density at radius 2 is 1.73 bits per heavy atom. The Labute approximate surface area is 157 Å². The second-order valence-corrected chi connectivity index (χ2v) is 9.01. The molecule has 0 bridgehead atoms. The summed E-state index contributed by atoms with van der Waals surface area (Å²) in [5.41, 5.74) is -0.491. The van der Waals surface area contributed by atoms with Crippen LogP contribution in [0.5, 0.6) is 0 Å². The molecule has 6 heteroatoms. The van der Waals surface area contributed by atoms with Gasteiger partial charge in [0.2, 0.25) is 0 Å². The van der Waals surface area contributed by atoms with E-state index in [4.69, 9.17) is 4.74 Å². The fourth-order valence-electron chi connectivity index (χ4n) is 4.74. The summed E-state index contributed by atoms with van der Waals surface area (Å²) in [5, 5.41) is 0. The molecule has 1 amide bonds. The summed E-state index contributed by atoms with van der Waals surface area (Å²) in [6, 6.07) is 0.418. The minimum atomic E-state index is -0.491. The minimum Gasteiger partial charge on any atom is -0.444 e. The fourth-order valence-corrected chi connectivity index (χ4v) is 4.74. The van der Waals surface area contributed by atoms with Gasteiger partial charge in [0.05, 0.1) is 12.2 Å². The van der Waals surface area contributed by atoms with E-state index in [0.717, 1.165) is 45.1 Å². The van der Waals surface area contributed by atoms with Gasteiger partial charge in [0.1, 0.15) is 11.9 Å². The molecule has 0 aromatic heterocycles. The van der Waals surface area contributed by atoms with Crippen molar-refractivity contribution < 1.29 is 14.3 Å². The van der Waals surface area contributed by atoms with E-state index in [-0.39, 0.29) is 18.3 Å². The van der Waals surface area contributed by atoms with Crippen LogP contribution in [0.3, 0.4) is 0 Å². The van der Waals surface area contributed by atoms with E-state index in [2.05, 4.69) is 9.80 Å². The van der Waals surface area contributed by atoms with E-state index >= 15 is 0 Å². The zero-order chi connectivity index (χ0) is 18.7. The molecule has 0 aliphatic carbocycles. The number of aldehydes is 1. The first-order valence-electron chi connectivity index (χ1n) is 10.3. The molecule has 3 saturated heterocycles. The number of piperidine rings is 2. The monoisotopic (exact) mass is 365 g/mol. The van der Waals surface area contributed by atoms with Gasteiger partial charge in [0, 0.05) is 19.1 Å². The zero-order valence-electron chi connectivity index (χ0n) is 16.7. The average molecular weight is 366 g/mol. The summed E-state index contributed by atoms with van der Waals surface area (Å²) in [6.07, 6.45) is 8.62. The predicted octanol–water partition coefficient (Wildman–Crippen LogP) is 2.86. The summed E-state index contributed by atoms with van der Waals surface area (Å²) in [4.78, 5) is 31.1. The van der Waals surface area contributed by atoms with E-state index in [9.17, 15) is 9.59 Å². The largest absolute Gasteiger partial charge is 0.444 e. The molecule has 0 spiro atoms. The SMILES string of the molecule is CC(C)(C)OC(=O)N1CCC[C@H]1N1CC[C@H](N2CCCCC2)C[C@H]1C=O. The lowest BCUT2D eigenvalue weighted by molar-refractivity contribution is -0.118. The van der Waals surface area contributed by atoms with Crippen LogP contribution in [0.15, 0.2) is 0 Å². The lowest BCUT2D eigenvalue weighted by atomic mass is 9.94. The van der Waals surface area contributed by atoms with Crippen molar-refractivity contribution in [2.45, 2.75) is 89.6 Å². The van der Waals surface area contributed by atoms with E-state index in [1.807, 2.05) is 25.7 Å². The molecular formula is C20H35N3O3. The Kier molecular flexibility index (Phi) is 6.23. The van der Waals surface area contributed by atoms with Crippen molar-refractivity contribution >= 4 is 12.4 Å². The topological polar surface area (TPSA) is 53.1 Å². The summed E-state index contributed by atoms with van der Waals surface area (Å²) in [7, 11) is 0. The highest BCUT2D eigenvalue weighted by Gasteiger charge is 2.41. The number of hydrogen-bond donors (Lipinski definition) is 0. The summed E-state index contributed by atoms with van der Waals surface area (Å²) >= 11 is 0. The van der Waals surface area contributed by atoms with Crippen LogP contribution in [0.2, 0.25) is 0 Å². The van der Waals surface area contributed by atoms with E-state index in [1.165, 1.54) is 32.4 Å². The highest BCUT2D eigenvalue weighted by Crippen LogP contribution is 2.31. The van der Waals surface area contributed by atoms with Crippen molar-refractivity contribution in [3.05, 3.63) is 0 Å². The maximum absolute atomic E-state index is 12.6. The molecular weight excluding hydrogens is 330 g/mol. The molecule has 0 unspecified atom stereocenters. The number of amides is 1. The zero-order valence-corrected chi connectivity index (χ0v) is 16.7. The molecule has 3 atom stereocenters. The van der Waals surface area contributed by atoms with Crippen LogP contribution in [0.4, 0.5) is 4.79 Å². The number of hydrogen-bond acceptors (Lipinski definition) is 5. The van der Waals surface area contributed by atoms with Gasteiger partial charge in [-0.1, -0.05) is 6.42 Å². The van der Waals surface area contributed by atoms with Gasteiger partial charge in [-0.15, -0.1) is 0 Å². The van der Waals surface area contributed by atoms with Gasteiger partial charge < -0.3 is 14.4 Å². The Balaban J connectivity index is 1.64. The van der Waals surface area contributed by atoms with Crippen LogP contribution in [-0.4, -0.2) is 77.1 Å². The van der Waals surface area contributed by atoms with Crippen molar-refractivity contribution in [1.82, 2.24) is 14.7 Å². The molecule has 3 fully saturated rings. The Hall–Kier alpha value is -1.14. The highest BCUT2D eigenvalue weighted by atomic mass is 16.6.